The predicted molar refractivity (Wildman–Crippen MR) is 96.5 cm³/mol. The number of ether oxygens (including phenoxy) is 2. The lowest BCUT2D eigenvalue weighted by Gasteiger charge is -2.20. The van der Waals surface area contributed by atoms with Crippen molar-refractivity contribution < 1.29 is 19.1 Å². The predicted octanol–water partition coefficient (Wildman–Crippen LogP) is 3.95. The topological polar surface area (TPSA) is 64.6 Å². The Hall–Kier alpha value is -2.04. The largest absolute Gasteiger partial charge is 0.460 e. The minimum atomic E-state index is -0.491. The maximum absolute atomic E-state index is 12.1. The molecule has 1 N–H and O–H groups in total. The second-order valence-electron chi connectivity index (χ2n) is 7.68. The molecule has 1 fully saturated rings. The zero-order chi connectivity index (χ0) is 18.6. The van der Waals surface area contributed by atoms with Crippen LogP contribution in [0.4, 0.5) is 4.79 Å². The highest BCUT2D eigenvalue weighted by molar-refractivity contribution is 5.74. The standard InChI is InChI=1S/C20H29NO4/c1-6-13(2)24-19(23)21-17-12-16(17)15-10-8-7-9-14(15)11-18(22)25-20(3,4)5/h7-10,13,16-17H,6,11-12H2,1-5H3,(H,21,23)/t13?,16-,17+/m0/s1. The van der Waals surface area contributed by atoms with Crippen LogP contribution in [0.25, 0.3) is 0 Å². The van der Waals surface area contributed by atoms with Gasteiger partial charge in [0.2, 0.25) is 0 Å². The van der Waals surface area contributed by atoms with Gasteiger partial charge in [-0.2, -0.15) is 0 Å². The van der Waals surface area contributed by atoms with E-state index in [1.165, 1.54) is 0 Å². The monoisotopic (exact) mass is 347 g/mol. The van der Waals surface area contributed by atoms with Gasteiger partial charge in [-0.25, -0.2) is 4.79 Å². The molecule has 5 nitrogen and oxygen atoms in total. The number of carbonyl (C=O) groups excluding carboxylic acids is 2. The van der Waals surface area contributed by atoms with E-state index < -0.39 is 5.60 Å². The molecule has 1 aliphatic rings. The highest BCUT2D eigenvalue weighted by Gasteiger charge is 2.41. The van der Waals surface area contributed by atoms with E-state index in [4.69, 9.17) is 9.47 Å². The first-order valence-electron chi connectivity index (χ1n) is 8.96. The van der Waals surface area contributed by atoms with Crippen LogP contribution in [0.1, 0.15) is 64.5 Å². The van der Waals surface area contributed by atoms with E-state index >= 15 is 0 Å². The summed E-state index contributed by atoms with van der Waals surface area (Å²) >= 11 is 0. The van der Waals surface area contributed by atoms with Gasteiger partial charge in [-0.15, -0.1) is 0 Å². The zero-order valence-corrected chi connectivity index (χ0v) is 15.8. The quantitative estimate of drug-likeness (QED) is 0.791. The van der Waals surface area contributed by atoms with Gasteiger partial charge in [0.05, 0.1) is 6.42 Å². The summed E-state index contributed by atoms with van der Waals surface area (Å²) in [7, 11) is 0. The highest BCUT2D eigenvalue weighted by atomic mass is 16.6. The van der Waals surface area contributed by atoms with Gasteiger partial charge in [0.15, 0.2) is 0 Å². The summed E-state index contributed by atoms with van der Waals surface area (Å²) in [5.41, 5.74) is 1.57. The van der Waals surface area contributed by atoms with Crippen molar-refractivity contribution in [2.24, 2.45) is 0 Å². The Bertz CT molecular complexity index is 620. The molecule has 1 aliphatic carbocycles. The number of nitrogens with one attached hydrogen (secondary N) is 1. The maximum Gasteiger partial charge on any atom is 0.407 e. The van der Waals surface area contributed by atoms with Crippen molar-refractivity contribution in [3.05, 3.63) is 35.4 Å². The third-order valence-electron chi connectivity index (χ3n) is 4.19. The normalized spacial score (nSPS) is 20.5. The Labute approximate surface area is 150 Å². The van der Waals surface area contributed by atoms with Crippen molar-refractivity contribution in [3.8, 4) is 0 Å². The average Bonchev–Trinajstić information content (AvgIpc) is 3.24. The summed E-state index contributed by atoms with van der Waals surface area (Å²) < 4.78 is 10.7. The molecule has 0 bridgehead atoms. The van der Waals surface area contributed by atoms with Gasteiger partial charge in [-0.05, 0) is 51.7 Å². The lowest BCUT2D eigenvalue weighted by Crippen LogP contribution is -2.30. The van der Waals surface area contributed by atoms with Gasteiger partial charge < -0.3 is 14.8 Å². The van der Waals surface area contributed by atoms with E-state index in [1.807, 2.05) is 58.9 Å². The number of hydrogen-bond donors (Lipinski definition) is 1. The summed E-state index contributed by atoms with van der Waals surface area (Å²) in [6, 6.07) is 7.92. The van der Waals surface area contributed by atoms with Crippen LogP contribution in [0.15, 0.2) is 24.3 Å². The number of hydrogen-bond acceptors (Lipinski definition) is 4. The highest BCUT2D eigenvalue weighted by Crippen LogP contribution is 2.42. The van der Waals surface area contributed by atoms with Crippen LogP contribution < -0.4 is 5.32 Å². The molecule has 1 amide bonds. The average molecular weight is 347 g/mol. The van der Waals surface area contributed by atoms with Crippen molar-refractivity contribution in [1.82, 2.24) is 5.32 Å². The van der Waals surface area contributed by atoms with Crippen LogP contribution >= 0.6 is 0 Å². The summed E-state index contributed by atoms with van der Waals surface area (Å²) in [5, 5.41) is 2.91. The number of esters is 1. The van der Waals surface area contributed by atoms with Crippen LogP contribution in [0.3, 0.4) is 0 Å². The molecule has 25 heavy (non-hydrogen) atoms. The Morgan fingerprint density at radius 3 is 2.60 bits per heavy atom. The Balaban J connectivity index is 1.95. The van der Waals surface area contributed by atoms with E-state index in [0.717, 1.165) is 24.0 Å². The number of alkyl carbamates (subject to hydrolysis) is 1. The molecule has 0 spiro atoms. The molecule has 2 rings (SSSR count). The van der Waals surface area contributed by atoms with Gasteiger partial charge in [0, 0.05) is 12.0 Å². The Kier molecular flexibility index (Phi) is 6.09. The zero-order valence-electron chi connectivity index (χ0n) is 15.8. The minimum Gasteiger partial charge on any atom is -0.460 e. The first kappa shape index (κ1) is 19.3. The van der Waals surface area contributed by atoms with Crippen LogP contribution in [-0.4, -0.2) is 29.8 Å². The lowest BCUT2D eigenvalue weighted by atomic mass is 10.0. The van der Waals surface area contributed by atoms with Gasteiger partial charge in [0.1, 0.15) is 11.7 Å². The second kappa shape index (κ2) is 7.89. The lowest BCUT2D eigenvalue weighted by molar-refractivity contribution is -0.153. The van der Waals surface area contributed by atoms with Crippen molar-refractivity contribution in [2.75, 3.05) is 0 Å². The van der Waals surface area contributed by atoms with Crippen LogP contribution in [0.2, 0.25) is 0 Å². The van der Waals surface area contributed by atoms with E-state index in [2.05, 4.69) is 5.32 Å². The molecule has 1 aromatic rings. The van der Waals surface area contributed by atoms with E-state index in [1.54, 1.807) is 0 Å². The summed E-state index contributed by atoms with van der Waals surface area (Å²) in [5.74, 6) is -0.00981. The first-order valence-corrected chi connectivity index (χ1v) is 8.96. The summed E-state index contributed by atoms with van der Waals surface area (Å²) in [6.07, 6.45) is 1.44. The van der Waals surface area contributed by atoms with Gasteiger partial charge in [0.25, 0.3) is 0 Å². The molecule has 3 atom stereocenters. The van der Waals surface area contributed by atoms with Crippen molar-refractivity contribution >= 4 is 12.1 Å². The van der Waals surface area contributed by atoms with E-state index in [9.17, 15) is 9.59 Å². The van der Waals surface area contributed by atoms with Gasteiger partial charge >= 0.3 is 12.1 Å². The first-order chi connectivity index (χ1) is 11.7. The van der Waals surface area contributed by atoms with Crippen molar-refractivity contribution in [1.29, 1.82) is 0 Å². The maximum atomic E-state index is 12.1. The van der Waals surface area contributed by atoms with Crippen molar-refractivity contribution in [3.63, 3.8) is 0 Å². The molecular weight excluding hydrogens is 318 g/mol. The number of carbonyl (C=O) groups is 2. The van der Waals surface area contributed by atoms with Crippen molar-refractivity contribution in [2.45, 2.75) is 77.5 Å². The third-order valence-corrected chi connectivity index (χ3v) is 4.19. The smallest absolute Gasteiger partial charge is 0.407 e. The van der Waals surface area contributed by atoms with Crippen LogP contribution in [0, 0.1) is 0 Å². The van der Waals surface area contributed by atoms with E-state index in [0.29, 0.717) is 0 Å². The van der Waals surface area contributed by atoms with Gasteiger partial charge in [-0.3, -0.25) is 4.79 Å². The molecule has 1 aromatic carbocycles. The molecule has 0 aliphatic heterocycles. The number of rotatable bonds is 6. The molecule has 1 unspecified atom stereocenters. The SMILES string of the molecule is CCC(C)OC(=O)N[C@@H]1C[C@H]1c1ccccc1CC(=O)OC(C)(C)C. The van der Waals surface area contributed by atoms with Crippen LogP contribution in [-0.2, 0) is 20.7 Å². The molecule has 0 radical (unpaired) electrons. The Morgan fingerprint density at radius 1 is 1.28 bits per heavy atom. The molecule has 1 saturated carbocycles. The second-order valence-corrected chi connectivity index (χ2v) is 7.68. The Morgan fingerprint density at radius 2 is 1.96 bits per heavy atom. The number of benzene rings is 1. The van der Waals surface area contributed by atoms with Crippen LogP contribution in [0.5, 0.6) is 0 Å². The minimum absolute atomic E-state index is 0.0661. The fourth-order valence-corrected chi connectivity index (χ4v) is 2.74. The molecular formula is C20H29NO4. The molecule has 0 aromatic heterocycles. The van der Waals surface area contributed by atoms with Gasteiger partial charge in [-0.1, -0.05) is 31.2 Å². The number of amides is 1. The summed E-state index contributed by atoms with van der Waals surface area (Å²) in [6.45, 7) is 9.44. The fourth-order valence-electron chi connectivity index (χ4n) is 2.74. The molecule has 0 saturated heterocycles. The summed E-state index contributed by atoms with van der Waals surface area (Å²) in [4.78, 5) is 24.0. The third kappa shape index (κ3) is 6.07. The molecule has 5 heteroatoms. The van der Waals surface area contributed by atoms with E-state index in [-0.39, 0.29) is 36.5 Å². The molecule has 0 heterocycles. The molecule has 138 valence electrons. The fraction of sp³-hybridized carbons (Fsp3) is 0.600.